The van der Waals surface area contributed by atoms with Crippen LogP contribution in [0.2, 0.25) is 0 Å². The largest absolute Gasteiger partial charge is 0.380 e. The van der Waals surface area contributed by atoms with E-state index in [1.54, 1.807) is 7.11 Å². The molecular formula is C17H35Cl2N3O2. The van der Waals surface area contributed by atoms with Gasteiger partial charge in [-0.25, -0.2) is 0 Å². The van der Waals surface area contributed by atoms with Crippen LogP contribution in [0.4, 0.5) is 0 Å². The van der Waals surface area contributed by atoms with Gasteiger partial charge in [-0.2, -0.15) is 0 Å². The second-order valence-electron chi connectivity index (χ2n) is 7.13. The summed E-state index contributed by atoms with van der Waals surface area (Å²) in [5.41, 5.74) is 5.62. The maximum absolute atomic E-state index is 12.4. The smallest absolute Gasteiger partial charge is 0.225 e. The SMILES string of the molecule is COC(CN)CC(=O)N1CCCC(CN2CCC(C)CC2)C1.Cl.Cl. The van der Waals surface area contributed by atoms with E-state index in [0.717, 1.165) is 32.0 Å². The number of methoxy groups -OCH3 is 1. The van der Waals surface area contributed by atoms with Gasteiger partial charge in [0, 0.05) is 33.3 Å². The summed E-state index contributed by atoms with van der Waals surface area (Å²) in [6, 6.07) is 0. The second-order valence-corrected chi connectivity index (χ2v) is 7.13. The normalized spacial score (nSPS) is 24.0. The van der Waals surface area contributed by atoms with Crippen molar-refractivity contribution in [2.75, 3.05) is 46.4 Å². The zero-order chi connectivity index (χ0) is 15.9. The average molecular weight is 384 g/mol. The van der Waals surface area contributed by atoms with Crippen LogP contribution in [0.3, 0.4) is 0 Å². The highest BCUT2D eigenvalue weighted by Gasteiger charge is 2.27. The first kappa shape index (κ1) is 23.9. The monoisotopic (exact) mass is 383 g/mol. The molecule has 0 bridgehead atoms. The zero-order valence-electron chi connectivity index (χ0n) is 15.1. The van der Waals surface area contributed by atoms with Gasteiger partial charge in [0.2, 0.25) is 5.91 Å². The number of halogens is 2. The molecule has 1 amide bonds. The molecule has 2 fully saturated rings. The molecule has 0 aromatic heterocycles. The van der Waals surface area contributed by atoms with Crippen LogP contribution in [0.1, 0.15) is 39.0 Å². The summed E-state index contributed by atoms with van der Waals surface area (Å²) in [5, 5.41) is 0. The van der Waals surface area contributed by atoms with Crippen molar-refractivity contribution in [3.8, 4) is 0 Å². The van der Waals surface area contributed by atoms with E-state index in [9.17, 15) is 4.79 Å². The van der Waals surface area contributed by atoms with Gasteiger partial charge in [-0.15, -0.1) is 24.8 Å². The topological polar surface area (TPSA) is 58.8 Å². The highest BCUT2D eigenvalue weighted by Crippen LogP contribution is 2.22. The van der Waals surface area contributed by atoms with Crippen molar-refractivity contribution in [2.24, 2.45) is 17.6 Å². The number of rotatable bonds is 6. The van der Waals surface area contributed by atoms with Crippen LogP contribution in [-0.4, -0.2) is 68.2 Å². The predicted octanol–water partition coefficient (Wildman–Crippen LogP) is 2.16. The summed E-state index contributed by atoms with van der Waals surface area (Å²) < 4.78 is 5.24. The standard InChI is InChI=1S/C17H33N3O2.2ClH/c1-14-5-8-19(9-6-14)12-15-4-3-7-20(13-15)17(21)10-16(11-18)22-2;;/h14-16H,3-13,18H2,1-2H3;2*1H. The van der Waals surface area contributed by atoms with Crippen LogP contribution in [-0.2, 0) is 9.53 Å². The third-order valence-electron chi connectivity index (χ3n) is 5.26. The Balaban J connectivity index is 0.00000264. The molecule has 0 aromatic rings. The lowest BCUT2D eigenvalue weighted by atomic mass is 9.94. The first-order valence-corrected chi connectivity index (χ1v) is 8.85. The summed E-state index contributed by atoms with van der Waals surface area (Å²) in [7, 11) is 1.63. The Labute approximate surface area is 159 Å². The van der Waals surface area contributed by atoms with E-state index in [-0.39, 0.29) is 36.8 Å². The molecule has 2 atom stereocenters. The molecule has 0 saturated carbocycles. The summed E-state index contributed by atoms with van der Waals surface area (Å²) >= 11 is 0. The van der Waals surface area contributed by atoms with Crippen molar-refractivity contribution >= 4 is 30.7 Å². The van der Waals surface area contributed by atoms with E-state index >= 15 is 0 Å². The van der Waals surface area contributed by atoms with Gasteiger partial charge < -0.3 is 20.3 Å². The number of likely N-dealkylation sites (tertiary alicyclic amines) is 2. The minimum absolute atomic E-state index is 0. The molecule has 7 heteroatoms. The number of nitrogens with zero attached hydrogens (tertiary/aromatic N) is 2. The number of ether oxygens (including phenoxy) is 1. The minimum Gasteiger partial charge on any atom is -0.380 e. The number of amides is 1. The lowest BCUT2D eigenvalue weighted by Crippen LogP contribution is -2.46. The van der Waals surface area contributed by atoms with Gasteiger partial charge in [-0.1, -0.05) is 6.92 Å². The molecule has 144 valence electrons. The van der Waals surface area contributed by atoms with Crippen LogP contribution in [0.5, 0.6) is 0 Å². The van der Waals surface area contributed by atoms with Gasteiger partial charge in [-0.05, 0) is 50.6 Å². The number of hydrogen-bond acceptors (Lipinski definition) is 4. The molecule has 0 aliphatic carbocycles. The summed E-state index contributed by atoms with van der Waals surface area (Å²) in [5.74, 6) is 1.71. The first-order valence-electron chi connectivity index (χ1n) is 8.85. The number of piperidine rings is 2. The molecule has 2 aliphatic rings. The van der Waals surface area contributed by atoms with E-state index in [0.29, 0.717) is 18.9 Å². The van der Waals surface area contributed by atoms with E-state index in [1.165, 1.54) is 32.4 Å². The predicted molar refractivity (Wildman–Crippen MR) is 103 cm³/mol. The van der Waals surface area contributed by atoms with Crippen molar-refractivity contribution in [3.05, 3.63) is 0 Å². The van der Waals surface area contributed by atoms with Crippen LogP contribution in [0.25, 0.3) is 0 Å². The maximum atomic E-state index is 12.4. The fourth-order valence-corrected chi connectivity index (χ4v) is 3.64. The Morgan fingerprint density at radius 2 is 1.88 bits per heavy atom. The number of nitrogens with two attached hydrogens (primary N) is 1. The van der Waals surface area contributed by atoms with Crippen LogP contribution < -0.4 is 5.73 Å². The molecule has 2 rings (SSSR count). The molecule has 2 saturated heterocycles. The first-order chi connectivity index (χ1) is 10.6. The quantitative estimate of drug-likeness (QED) is 0.763. The van der Waals surface area contributed by atoms with Crippen LogP contribution in [0, 0.1) is 11.8 Å². The third-order valence-corrected chi connectivity index (χ3v) is 5.26. The van der Waals surface area contributed by atoms with Crippen LogP contribution in [0.15, 0.2) is 0 Å². The van der Waals surface area contributed by atoms with Gasteiger partial charge >= 0.3 is 0 Å². The summed E-state index contributed by atoms with van der Waals surface area (Å²) in [6.07, 6.45) is 5.29. The fraction of sp³-hybridized carbons (Fsp3) is 0.941. The summed E-state index contributed by atoms with van der Waals surface area (Å²) in [4.78, 5) is 17.0. The van der Waals surface area contributed by atoms with Gasteiger partial charge in [0.15, 0.2) is 0 Å². The molecule has 24 heavy (non-hydrogen) atoms. The highest BCUT2D eigenvalue weighted by molar-refractivity contribution is 5.85. The molecule has 0 radical (unpaired) electrons. The Morgan fingerprint density at radius 1 is 1.21 bits per heavy atom. The van der Waals surface area contributed by atoms with Gasteiger partial charge in [0.1, 0.15) is 0 Å². The minimum atomic E-state index is -0.142. The Hall–Kier alpha value is -0.0700. The number of carbonyl (C=O) groups is 1. The second kappa shape index (κ2) is 12.3. The Morgan fingerprint density at radius 3 is 2.46 bits per heavy atom. The van der Waals surface area contributed by atoms with Crippen molar-refractivity contribution in [3.63, 3.8) is 0 Å². The maximum Gasteiger partial charge on any atom is 0.225 e. The number of hydrogen-bond donors (Lipinski definition) is 1. The molecule has 5 nitrogen and oxygen atoms in total. The molecule has 2 aliphatic heterocycles. The van der Waals surface area contributed by atoms with Gasteiger partial charge in [0.25, 0.3) is 0 Å². The molecule has 0 aromatic carbocycles. The third kappa shape index (κ3) is 7.44. The molecule has 2 heterocycles. The van der Waals surface area contributed by atoms with E-state index in [4.69, 9.17) is 10.5 Å². The highest BCUT2D eigenvalue weighted by atomic mass is 35.5. The van der Waals surface area contributed by atoms with Gasteiger partial charge in [0.05, 0.1) is 12.5 Å². The zero-order valence-corrected chi connectivity index (χ0v) is 16.7. The van der Waals surface area contributed by atoms with Crippen LogP contribution >= 0.6 is 24.8 Å². The van der Waals surface area contributed by atoms with Crippen molar-refractivity contribution in [1.82, 2.24) is 9.80 Å². The molecule has 2 N–H and O–H groups in total. The van der Waals surface area contributed by atoms with Crippen molar-refractivity contribution in [2.45, 2.75) is 45.1 Å². The Kier molecular flexibility index (Phi) is 12.3. The molecule has 0 spiro atoms. The van der Waals surface area contributed by atoms with Gasteiger partial charge in [-0.3, -0.25) is 4.79 Å². The molecule has 2 unspecified atom stereocenters. The lowest BCUT2D eigenvalue weighted by Gasteiger charge is -2.38. The lowest BCUT2D eigenvalue weighted by molar-refractivity contribution is -0.135. The molecular weight excluding hydrogens is 349 g/mol. The summed E-state index contributed by atoms with van der Waals surface area (Å²) in [6.45, 7) is 8.17. The Bertz CT molecular complexity index is 349. The van der Waals surface area contributed by atoms with E-state index < -0.39 is 0 Å². The number of carbonyl (C=O) groups excluding carboxylic acids is 1. The van der Waals surface area contributed by atoms with Crippen molar-refractivity contribution in [1.29, 1.82) is 0 Å². The fourth-order valence-electron chi connectivity index (χ4n) is 3.64. The van der Waals surface area contributed by atoms with E-state index in [2.05, 4.69) is 11.8 Å². The average Bonchev–Trinajstić information content (AvgIpc) is 2.55. The van der Waals surface area contributed by atoms with E-state index in [1.807, 2.05) is 4.90 Å². The van der Waals surface area contributed by atoms with Crippen molar-refractivity contribution < 1.29 is 9.53 Å².